The number of Topliss-reactive ketones (excluding diaryl/α,β-unsaturated/α-hetero) is 2. The van der Waals surface area contributed by atoms with Gasteiger partial charge in [-0.15, -0.1) is 0 Å². The summed E-state index contributed by atoms with van der Waals surface area (Å²) in [5, 5.41) is 43.2. The molecule has 0 saturated carbocycles. The monoisotopic (exact) mass is 432 g/mol. The van der Waals surface area contributed by atoms with E-state index in [0.717, 1.165) is 0 Å². The second-order valence-corrected chi connectivity index (χ2v) is 9.98. The summed E-state index contributed by atoms with van der Waals surface area (Å²) in [6, 6.07) is 0. The Kier molecular flexibility index (Phi) is 10.3. The topological polar surface area (TPSA) is 155 Å². The molecule has 0 heterocycles. The summed E-state index contributed by atoms with van der Waals surface area (Å²) in [4.78, 5) is 47.8. The van der Waals surface area contributed by atoms with Crippen LogP contribution >= 0.6 is 0 Å². The van der Waals surface area contributed by atoms with E-state index < -0.39 is 53.5 Å². The number of carbonyl (C=O) groups excluding carboxylic acids is 4. The van der Waals surface area contributed by atoms with E-state index >= 15 is 0 Å². The van der Waals surface area contributed by atoms with Crippen molar-refractivity contribution in [1.82, 2.24) is 0 Å². The third kappa shape index (κ3) is 9.75. The zero-order valence-corrected chi connectivity index (χ0v) is 19.0. The van der Waals surface area contributed by atoms with E-state index in [1.807, 2.05) is 0 Å². The number of carbonyl (C=O) groups is 4. The van der Waals surface area contributed by atoms with Gasteiger partial charge in [-0.1, -0.05) is 6.92 Å². The van der Waals surface area contributed by atoms with Crippen LogP contribution in [-0.2, 0) is 19.2 Å². The number of likely N-dealkylation sites (N-methyl/N-ethyl adjacent to an activating group) is 2. The molecule has 5 unspecified atom stereocenters. The summed E-state index contributed by atoms with van der Waals surface area (Å²) in [6.07, 6.45) is -3.41. The molecule has 2 N–H and O–H groups in total. The van der Waals surface area contributed by atoms with Crippen LogP contribution in [0.15, 0.2) is 0 Å². The van der Waals surface area contributed by atoms with E-state index in [1.54, 1.807) is 42.3 Å². The zero-order valence-electron chi connectivity index (χ0n) is 19.0. The molecule has 30 heavy (non-hydrogen) atoms. The first kappa shape index (κ1) is 28.1. The van der Waals surface area contributed by atoms with Crippen molar-refractivity contribution in [3.05, 3.63) is 0 Å². The second kappa shape index (κ2) is 10.9. The molecular weight excluding hydrogens is 396 g/mol. The van der Waals surface area contributed by atoms with Gasteiger partial charge in [0, 0.05) is 12.3 Å². The zero-order chi connectivity index (χ0) is 24.0. The predicted molar refractivity (Wildman–Crippen MR) is 103 cm³/mol. The number of carboxylic acids is 2. The highest BCUT2D eigenvalue weighted by molar-refractivity contribution is 6.00. The SMILES string of the molecule is CC(CCC(=O)C(C(=O)[O-])C(O)C[N+](C)(C)C)C(=O)C(C(=O)[O-])C(O)C[N+](C)(C)C. The number of ketones is 2. The van der Waals surface area contributed by atoms with Gasteiger partial charge >= 0.3 is 0 Å². The van der Waals surface area contributed by atoms with Gasteiger partial charge in [0.15, 0.2) is 0 Å². The smallest absolute Gasteiger partial charge is 0.147 e. The van der Waals surface area contributed by atoms with E-state index in [4.69, 9.17) is 0 Å². The average Bonchev–Trinajstić information content (AvgIpc) is 2.48. The number of aliphatic hydroxyl groups is 2. The highest BCUT2D eigenvalue weighted by Gasteiger charge is 2.36. The van der Waals surface area contributed by atoms with Crippen molar-refractivity contribution < 1.29 is 48.6 Å². The average molecular weight is 433 g/mol. The molecule has 0 fully saturated rings. The third-order valence-corrected chi connectivity index (χ3v) is 4.71. The Morgan fingerprint density at radius 1 is 0.767 bits per heavy atom. The molecule has 10 nitrogen and oxygen atoms in total. The molecule has 0 saturated heterocycles. The quantitative estimate of drug-likeness (QED) is 0.211. The van der Waals surface area contributed by atoms with Crippen LogP contribution in [0.3, 0.4) is 0 Å². The Balaban J connectivity index is 5.19. The van der Waals surface area contributed by atoms with Gasteiger partial charge in [-0.3, -0.25) is 9.59 Å². The number of aliphatic carboxylic acids is 2. The van der Waals surface area contributed by atoms with Gasteiger partial charge in [0.2, 0.25) is 0 Å². The normalized spacial score (nSPS) is 17.5. The Hall–Kier alpha value is -1.88. The summed E-state index contributed by atoms with van der Waals surface area (Å²) < 4.78 is 0.452. The summed E-state index contributed by atoms with van der Waals surface area (Å²) in [5.74, 6) is -9.43. The van der Waals surface area contributed by atoms with Crippen LogP contribution in [0.4, 0.5) is 0 Å². The first-order valence-corrected chi connectivity index (χ1v) is 9.82. The van der Waals surface area contributed by atoms with Gasteiger partial charge in [0.05, 0.1) is 66.1 Å². The third-order valence-electron chi connectivity index (χ3n) is 4.71. The van der Waals surface area contributed by atoms with Crippen molar-refractivity contribution in [3.8, 4) is 0 Å². The predicted octanol–water partition coefficient (Wildman–Crippen LogP) is -3.59. The lowest BCUT2D eigenvalue weighted by Crippen LogP contribution is -2.52. The summed E-state index contributed by atoms with van der Waals surface area (Å²) in [6.45, 7) is 1.41. The molecule has 0 spiro atoms. The van der Waals surface area contributed by atoms with E-state index in [2.05, 4.69) is 0 Å². The Morgan fingerprint density at radius 3 is 1.47 bits per heavy atom. The number of nitrogens with zero attached hydrogens (tertiary/aromatic N) is 2. The van der Waals surface area contributed by atoms with Crippen molar-refractivity contribution in [2.75, 3.05) is 55.4 Å². The van der Waals surface area contributed by atoms with Gasteiger partial charge in [-0.2, -0.15) is 0 Å². The Bertz CT molecular complexity index is 636. The molecule has 5 atom stereocenters. The maximum Gasteiger partial charge on any atom is 0.147 e. The fourth-order valence-corrected chi connectivity index (χ4v) is 3.26. The molecule has 0 rings (SSSR count). The van der Waals surface area contributed by atoms with Crippen molar-refractivity contribution in [1.29, 1.82) is 0 Å². The summed E-state index contributed by atoms with van der Waals surface area (Å²) in [7, 11) is 10.4. The fraction of sp³-hybridized carbons (Fsp3) is 0.800. The molecule has 10 heteroatoms. The van der Waals surface area contributed by atoms with Gasteiger partial charge in [0.25, 0.3) is 0 Å². The van der Waals surface area contributed by atoms with Crippen molar-refractivity contribution >= 4 is 23.5 Å². The fourth-order valence-electron chi connectivity index (χ4n) is 3.26. The highest BCUT2D eigenvalue weighted by Crippen LogP contribution is 2.20. The number of hydrogen-bond donors (Lipinski definition) is 2. The van der Waals surface area contributed by atoms with Crippen LogP contribution in [0.5, 0.6) is 0 Å². The van der Waals surface area contributed by atoms with Gasteiger partial charge < -0.3 is 39.0 Å². The molecule has 0 radical (unpaired) electrons. The Morgan fingerprint density at radius 2 is 1.13 bits per heavy atom. The first-order chi connectivity index (χ1) is 13.4. The molecule has 0 aromatic carbocycles. The van der Waals surface area contributed by atoms with Crippen LogP contribution in [0.2, 0.25) is 0 Å². The molecule has 0 aromatic rings. The minimum atomic E-state index is -1.76. The molecule has 0 amide bonds. The molecular formula is C20H36N2O8. The van der Waals surface area contributed by atoms with Gasteiger partial charge in [-0.25, -0.2) is 0 Å². The van der Waals surface area contributed by atoms with Crippen LogP contribution in [-0.4, -0.2) is 110 Å². The van der Waals surface area contributed by atoms with Gasteiger partial charge in [0.1, 0.15) is 36.9 Å². The van der Waals surface area contributed by atoms with Crippen molar-refractivity contribution in [3.63, 3.8) is 0 Å². The van der Waals surface area contributed by atoms with E-state index in [1.165, 1.54) is 6.92 Å². The maximum atomic E-state index is 12.6. The number of carboxylic acid groups (broad SMARTS) is 2. The van der Waals surface area contributed by atoms with Crippen LogP contribution < -0.4 is 10.2 Å². The largest absolute Gasteiger partial charge is 0.549 e. The lowest BCUT2D eigenvalue weighted by molar-refractivity contribution is -0.873. The molecule has 0 aliphatic heterocycles. The molecule has 0 aromatic heterocycles. The molecule has 0 bridgehead atoms. The molecule has 0 aliphatic carbocycles. The first-order valence-electron chi connectivity index (χ1n) is 9.82. The van der Waals surface area contributed by atoms with Crippen LogP contribution in [0.1, 0.15) is 19.8 Å². The summed E-state index contributed by atoms with van der Waals surface area (Å²) in [5.41, 5.74) is 0. The molecule has 0 aliphatic rings. The van der Waals surface area contributed by atoms with Crippen molar-refractivity contribution in [2.24, 2.45) is 17.8 Å². The van der Waals surface area contributed by atoms with Crippen molar-refractivity contribution in [2.45, 2.75) is 32.0 Å². The maximum absolute atomic E-state index is 12.6. The van der Waals surface area contributed by atoms with Crippen LogP contribution in [0, 0.1) is 17.8 Å². The minimum Gasteiger partial charge on any atom is -0.549 e. The van der Waals surface area contributed by atoms with E-state index in [-0.39, 0.29) is 34.9 Å². The second-order valence-electron chi connectivity index (χ2n) is 9.98. The number of quaternary nitrogens is 2. The molecule has 174 valence electrons. The standard InChI is InChI=1S/C20H36N2O8/c1-12(18(26)17(20(29)30)15(25)11-22(5,6)7)8-9-13(23)16(19(27)28)14(24)10-21(2,3)4/h12,14-17,24-25H,8-11H2,1-7H3. The lowest BCUT2D eigenvalue weighted by Gasteiger charge is -2.32. The number of hydrogen-bond acceptors (Lipinski definition) is 8. The summed E-state index contributed by atoms with van der Waals surface area (Å²) >= 11 is 0. The minimum absolute atomic E-state index is 0.0000403. The van der Waals surface area contributed by atoms with Crippen LogP contribution in [0.25, 0.3) is 0 Å². The lowest BCUT2D eigenvalue weighted by atomic mass is 9.85. The number of aliphatic hydroxyl groups excluding tert-OH is 2. The van der Waals surface area contributed by atoms with Gasteiger partial charge in [-0.05, 0) is 6.42 Å². The Labute approximate surface area is 177 Å². The van der Waals surface area contributed by atoms with E-state index in [0.29, 0.717) is 0 Å². The highest BCUT2D eigenvalue weighted by atomic mass is 16.4. The van der Waals surface area contributed by atoms with E-state index in [9.17, 15) is 39.6 Å². The number of rotatable bonds is 14.